The van der Waals surface area contributed by atoms with E-state index in [-0.39, 0.29) is 34.2 Å². The van der Waals surface area contributed by atoms with Crippen molar-refractivity contribution < 1.29 is 72.6 Å². The zero-order valence-electron chi connectivity index (χ0n) is 26.2. The van der Waals surface area contributed by atoms with Crippen LogP contribution in [-0.2, 0) is 31.5 Å². The first kappa shape index (κ1) is 37.6. The van der Waals surface area contributed by atoms with Crippen LogP contribution in [0.25, 0.3) is 0 Å². The zero-order valence-corrected chi connectivity index (χ0v) is 27.7. The number of benzene rings is 3. The van der Waals surface area contributed by atoms with Gasteiger partial charge < -0.3 is 5.11 Å². The molecule has 3 aromatic carbocycles. The number of hydrogen-bond donors (Lipinski definition) is 1. The van der Waals surface area contributed by atoms with E-state index in [0.29, 0.717) is 0 Å². The zero-order chi connectivity index (χ0) is 39.8. The number of aromatic hydroxyl groups is 1. The van der Waals surface area contributed by atoms with Crippen molar-refractivity contribution in [3.8, 4) is 5.75 Å². The van der Waals surface area contributed by atoms with E-state index in [9.17, 15) is 63.8 Å². The first-order valence-corrected chi connectivity index (χ1v) is 16.2. The summed E-state index contributed by atoms with van der Waals surface area (Å²) in [5, 5.41) is 10.3. The maximum Gasteiger partial charge on any atom is 0.416 e. The van der Waals surface area contributed by atoms with Crippen LogP contribution in [0.1, 0.15) is 35.4 Å². The molecular weight excluding hydrogens is 796 g/mol. The third-order valence-electron chi connectivity index (χ3n) is 10.3. The number of halogens is 13. The van der Waals surface area contributed by atoms with Gasteiger partial charge in [0.2, 0.25) is 17.6 Å². The Morgan fingerprint density at radius 2 is 1.26 bits per heavy atom. The maximum atomic E-state index is 15.1. The van der Waals surface area contributed by atoms with Gasteiger partial charge in [0.05, 0.1) is 28.7 Å². The predicted octanol–water partition coefficient (Wildman–Crippen LogP) is 7.89. The van der Waals surface area contributed by atoms with E-state index in [1.807, 2.05) is 0 Å². The van der Waals surface area contributed by atoms with Crippen molar-refractivity contribution in [2.45, 2.75) is 40.9 Å². The Hall–Kier alpha value is -4.71. The van der Waals surface area contributed by atoms with Gasteiger partial charge in [-0.2, -0.15) is 26.3 Å². The molecule has 0 bridgehead atoms. The molecule has 0 spiro atoms. The van der Waals surface area contributed by atoms with Crippen molar-refractivity contribution >= 4 is 58.2 Å². The summed E-state index contributed by atoms with van der Waals surface area (Å²) >= 11 is 13.9. The summed E-state index contributed by atoms with van der Waals surface area (Å²) in [4.78, 5) is 50.1. The lowest BCUT2D eigenvalue weighted by Crippen LogP contribution is -2.60. The Kier molecular flexibility index (Phi) is 8.28. The van der Waals surface area contributed by atoms with Gasteiger partial charge >= 0.3 is 12.4 Å². The number of anilines is 2. The van der Waals surface area contributed by atoms with Crippen LogP contribution in [0.4, 0.5) is 59.7 Å². The second-order valence-corrected chi connectivity index (χ2v) is 14.3. The van der Waals surface area contributed by atoms with E-state index in [1.165, 1.54) is 18.2 Å². The molecule has 2 aliphatic carbocycles. The minimum absolute atomic E-state index is 0.0726. The molecule has 20 heteroatoms. The highest BCUT2D eigenvalue weighted by Crippen LogP contribution is 2.66. The second kappa shape index (κ2) is 11.9. The molecule has 284 valence electrons. The molecule has 2 aliphatic heterocycles. The largest absolute Gasteiger partial charge is 0.508 e. The maximum absolute atomic E-state index is 15.1. The molecule has 0 aromatic heterocycles. The fraction of sp³-hybridized carbons (Fsp3) is 0.294. The molecule has 54 heavy (non-hydrogen) atoms. The van der Waals surface area contributed by atoms with E-state index in [2.05, 4.69) is 0 Å². The molecule has 3 aromatic rings. The van der Waals surface area contributed by atoms with Gasteiger partial charge in [-0.3, -0.25) is 19.2 Å². The third-order valence-corrected chi connectivity index (χ3v) is 11.7. The van der Waals surface area contributed by atoms with Crippen LogP contribution >= 0.6 is 23.2 Å². The van der Waals surface area contributed by atoms with Gasteiger partial charge in [-0.05, 0) is 54.7 Å². The number of rotatable bonds is 3. The summed E-state index contributed by atoms with van der Waals surface area (Å²) in [6, 6.07) is 4.69. The monoisotopic (exact) mass is 812 g/mol. The van der Waals surface area contributed by atoms with E-state index in [0.717, 1.165) is 12.1 Å². The number of hydrogen-bond acceptors (Lipinski definition) is 5. The van der Waals surface area contributed by atoms with Gasteiger partial charge in [0, 0.05) is 5.92 Å². The van der Waals surface area contributed by atoms with Gasteiger partial charge in [-0.25, -0.2) is 31.8 Å². The molecule has 0 unspecified atom stereocenters. The molecule has 4 aliphatic rings. The Bertz CT molecular complexity index is 2200. The Morgan fingerprint density at radius 1 is 0.704 bits per heavy atom. The van der Waals surface area contributed by atoms with E-state index < -0.39 is 144 Å². The quantitative estimate of drug-likeness (QED) is 0.0726. The van der Waals surface area contributed by atoms with Gasteiger partial charge in [-0.15, -0.1) is 23.2 Å². The smallest absolute Gasteiger partial charge is 0.416 e. The first-order chi connectivity index (χ1) is 25.0. The van der Waals surface area contributed by atoms with Crippen LogP contribution in [0.15, 0.2) is 54.1 Å². The Balaban J connectivity index is 1.41. The molecule has 7 rings (SSSR count). The van der Waals surface area contributed by atoms with E-state index in [4.69, 9.17) is 23.2 Å². The number of carbonyl (C=O) groups excluding carboxylic acids is 4. The topological polar surface area (TPSA) is 95.0 Å². The molecule has 0 radical (unpaired) electrons. The molecular formula is C34H17Cl2F11N2O5. The standard InChI is InChI=1S/C34H17Cl2F11N2O5/c35-31-10-18-16(4-5-17-19(18)28(52)48(27(17)51)14-8-12(33(42,43)44)7-13(9-14)34(45,46)47)20(11-2-1-3-15(50)6-11)32(31,36)30(54)49(29(31)53)26-24(40)22(38)21(37)23(39)25(26)41/h1-4,6-9,17-20,50H,5,10H2/t17-,18+,19-,20-,31+,32-/m0/s1. The number of phenols is 1. The fourth-order valence-electron chi connectivity index (χ4n) is 7.97. The number of allylic oxidation sites excluding steroid dienone is 2. The number of nitrogens with zero attached hydrogens (tertiary/aromatic N) is 2. The van der Waals surface area contributed by atoms with E-state index in [1.54, 1.807) is 0 Å². The average molecular weight is 813 g/mol. The molecule has 1 N–H and O–H groups in total. The van der Waals surface area contributed by atoms with Crippen LogP contribution < -0.4 is 9.80 Å². The van der Waals surface area contributed by atoms with Crippen molar-refractivity contribution in [1.29, 1.82) is 0 Å². The van der Waals surface area contributed by atoms with Gasteiger partial charge in [0.1, 0.15) is 11.4 Å². The summed E-state index contributed by atoms with van der Waals surface area (Å²) in [7, 11) is 0. The highest BCUT2D eigenvalue weighted by atomic mass is 35.5. The summed E-state index contributed by atoms with van der Waals surface area (Å²) < 4.78 is 155. The molecule has 2 saturated heterocycles. The highest BCUT2D eigenvalue weighted by molar-refractivity contribution is 6.58. The molecule has 7 nitrogen and oxygen atoms in total. The number of fused-ring (bicyclic) bond motifs is 4. The van der Waals surface area contributed by atoms with Crippen molar-refractivity contribution in [2.75, 3.05) is 9.80 Å². The predicted molar refractivity (Wildman–Crippen MR) is 163 cm³/mol. The lowest BCUT2D eigenvalue weighted by atomic mass is 9.56. The van der Waals surface area contributed by atoms with Crippen molar-refractivity contribution in [3.05, 3.63) is 99.9 Å². The Morgan fingerprint density at radius 3 is 1.80 bits per heavy atom. The molecule has 2 heterocycles. The van der Waals surface area contributed by atoms with Crippen molar-refractivity contribution in [1.82, 2.24) is 0 Å². The van der Waals surface area contributed by atoms with Crippen LogP contribution in [0.2, 0.25) is 0 Å². The van der Waals surface area contributed by atoms with Gasteiger partial charge in [-0.1, -0.05) is 23.8 Å². The minimum Gasteiger partial charge on any atom is -0.508 e. The number of imide groups is 2. The summed E-state index contributed by atoms with van der Waals surface area (Å²) in [5.74, 6) is -26.2. The summed E-state index contributed by atoms with van der Waals surface area (Å²) in [5.41, 5.74) is -7.05. The van der Waals surface area contributed by atoms with Crippen LogP contribution in [0.5, 0.6) is 5.75 Å². The van der Waals surface area contributed by atoms with Gasteiger partial charge in [0.15, 0.2) is 33.0 Å². The lowest BCUT2D eigenvalue weighted by molar-refractivity contribution is -0.143. The van der Waals surface area contributed by atoms with Crippen LogP contribution in [0.3, 0.4) is 0 Å². The van der Waals surface area contributed by atoms with Crippen molar-refractivity contribution in [2.24, 2.45) is 17.8 Å². The third kappa shape index (κ3) is 5.00. The average Bonchev–Trinajstić information content (AvgIpc) is 3.43. The molecule has 4 amide bonds. The first-order valence-electron chi connectivity index (χ1n) is 15.4. The van der Waals surface area contributed by atoms with Crippen LogP contribution in [-0.4, -0.2) is 38.5 Å². The second-order valence-electron chi connectivity index (χ2n) is 13.1. The fourth-order valence-corrected chi connectivity index (χ4v) is 8.90. The number of carbonyl (C=O) groups is 4. The summed E-state index contributed by atoms with van der Waals surface area (Å²) in [6.45, 7) is 0. The number of amides is 4. The molecule has 1 saturated carbocycles. The SMILES string of the molecule is O=C1[C@H]2[C@H](CC=C3[C@H]2C[C@@]2(Cl)C(=O)N(c4c(F)c(F)c(F)c(F)c4F)C(=O)[C@@]2(Cl)[C@H]3c2cccc(O)c2)C(=O)N1c1cc(C(F)(F)F)cc(C(F)(F)F)c1. The minimum atomic E-state index is -5.37. The van der Waals surface area contributed by atoms with Crippen molar-refractivity contribution in [3.63, 3.8) is 0 Å². The number of phenolic OH excluding ortho intramolecular Hbond substituents is 1. The molecule has 3 fully saturated rings. The van der Waals surface area contributed by atoms with Gasteiger partial charge in [0.25, 0.3) is 11.8 Å². The van der Waals surface area contributed by atoms with E-state index >= 15 is 8.78 Å². The Labute approximate surface area is 304 Å². The number of alkyl halides is 8. The van der Waals surface area contributed by atoms with Crippen LogP contribution in [0, 0.1) is 46.8 Å². The summed E-state index contributed by atoms with van der Waals surface area (Å²) in [6.07, 6.45) is -10.9. The lowest BCUT2D eigenvalue weighted by Gasteiger charge is -2.50. The normalized spacial score (nSPS) is 28.4. The molecule has 6 atom stereocenters. The highest BCUT2D eigenvalue weighted by Gasteiger charge is 2.77.